The van der Waals surface area contributed by atoms with Crippen LogP contribution in [0.5, 0.6) is 0 Å². The highest BCUT2D eigenvalue weighted by Gasteiger charge is 2.05. The molecule has 0 radical (unpaired) electrons. The summed E-state index contributed by atoms with van der Waals surface area (Å²) in [6, 6.07) is 6.07. The number of allylic oxidation sites excluding steroid dienone is 1. The Balaban J connectivity index is 1.97. The minimum atomic E-state index is -0.335. The molecule has 1 amide bonds. The van der Waals surface area contributed by atoms with Crippen molar-refractivity contribution in [2.24, 2.45) is 0 Å². The minimum absolute atomic E-state index is 0.184. The van der Waals surface area contributed by atoms with Crippen molar-refractivity contribution in [2.45, 2.75) is 20.4 Å². The number of amides is 1. The predicted octanol–water partition coefficient (Wildman–Crippen LogP) is 2.24. The molecule has 104 valence electrons. The summed E-state index contributed by atoms with van der Waals surface area (Å²) < 4.78 is 17.9. The Bertz CT molecular complexity index is 649. The molecule has 2 aromatic rings. The van der Waals surface area contributed by atoms with Crippen LogP contribution in [0.3, 0.4) is 0 Å². The minimum Gasteiger partial charge on any atom is -0.345 e. The average Bonchev–Trinajstić information content (AvgIpc) is 2.82. The van der Waals surface area contributed by atoms with Crippen LogP contribution in [0.4, 0.5) is 4.39 Å². The van der Waals surface area contributed by atoms with E-state index < -0.39 is 0 Å². The summed E-state index contributed by atoms with van der Waals surface area (Å²) in [5, 5.41) is 6.30. The summed E-state index contributed by atoms with van der Waals surface area (Å²) in [7, 11) is 0. The molecule has 5 nitrogen and oxygen atoms in total. The van der Waals surface area contributed by atoms with Gasteiger partial charge in [-0.1, -0.05) is 17.3 Å². The second-order valence-electron chi connectivity index (χ2n) is 4.29. The summed E-state index contributed by atoms with van der Waals surface area (Å²) in [4.78, 5) is 15.7. The first-order valence-corrected chi connectivity index (χ1v) is 6.06. The molecule has 0 unspecified atom stereocenters. The number of halogens is 1. The zero-order chi connectivity index (χ0) is 14.5. The van der Waals surface area contributed by atoms with Gasteiger partial charge >= 0.3 is 0 Å². The Morgan fingerprint density at radius 1 is 1.50 bits per heavy atom. The van der Waals surface area contributed by atoms with E-state index in [0.29, 0.717) is 22.9 Å². The average molecular weight is 275 g/mol. The van der Waals surface area contributed by atoms with Crippen LogP contribution in [0.25, 0.3) is 5.57 Å². The van der Waals surface area contributed by atoms with Gasteiger partial charge in [-0.05, 0) is 30.2 Å². The number of hydrogen-bond acceptors (Lipinski definition) is 4. The first kappa shape index (κ1) is 13.9. The normalized spacial score (nSPS) is 11.4. The third-order valence-electron chi connectivity index (χ3n) is 2.62. The summed E-state index contributed by atoms with van der Waals surface area (Å²) in [6.07, 6.45) is 1.40. The molecular formula is C14H14FN3O2. The Hall–Kier alpha value is -2.50. The van der Waals surface area contributed by atoms with Gasteiger partial charge in [0.15, 0.2) is 5.82 Å². The molecule has 2 rings (SSSR count). The molecule has 6 heteroatoms. The van der Waals surface area contributed by atoms with Crippen molar-refractivity contribution in [1.82, 2.24) is 15.5 Å². The predicted molar refractivity (Wildman–Crippen MR) is 70.9 cm³/mol. The quantitative estimate of drug-likeness (QED) is 0.869. The molecule has 0 fully saturated rings. The number of nitrogens with one attached hydrogen (secondary N) is 1. The van der Waals surface area contributed by atoms with Crippen LogP contribution in [-0.4, -0.2) is 16.0 Å². The van der Waals surface area contributed by atoms with Gasteiger partial charge < -0.3 is 9.84 Å². The molecule has 0 saturated carbocycles. The smallest absolute Gasteiger partial charge is 0.244 e. The molecule has 20 heavy (non-hydrogen) atoms. The van der Waals surface area contributed by atoms with Crippen LogP contribution < -0.4 is 5.32 Å². The molecular weight excluding hydrogens is 261 g/mol. The van der Waals surface area contributed by atoms with E-state index in [0.717, 1.165) is 0 Å². The molecule has 1 N–H and O–H groups in total. The lowest BCUT2D eigenvalue weighted by molar-refractivity contribution is -0.116. The Morgan fingerprint density at radius 2 is 2.30 bits per heavy atom. The van der Waals surface area contributed by atoms with Gasteiger partial charge in [0.05, 0.1) is 6.54 Å². The van der Waals surface area contributed by atoms with Gasteiger partial charge in [0, 0.05) is 13.0 Å². The summed E-state index contributed by atoms with van der Waals surface area (Å²) in [5.74, 6) is 0.223. The van der Waals surface area contributed by atoms with E-state index in [-0.39, 0.29) is 18.3 Å². The molecule has 0 spiro atoms. The van der Waals surface area contributed by atoms with Crippen molar-refractivity contribution in [1.29, 1.82) is 0 Å². The van der Waals surface area contributed by atoms with Crippen LogP contribution in [-0.2, 0) is 11.3 Å². The van der Waals surface area contributed by atoms with Gasteiger partial charge in [-0.2, -0.15) is 4.98 Å². The van der Waals surface area contributed by atoms with Crippen molar-refractivity contribution in [3.63, 3.8) is 0 Å². The second-order valence-corrected chi connectivity index (χ2v) is 4.29. The summed E-state index contributed by atoms with van der Waals surface area (Å²) in [6.45, 7) is 3.60. The lowest BCUT2D eigenvalue weighted by Crippen LogP contribution is -2.21. The van der Waals surface area contributed by atoms with Crippen LogP contribution in [0.2, 0.25) is 0 Å². The number of rotatable bonds is 4. The van der Waals surface area contributed by atoms with Crippen molar-refractivity contribution in [3.05, 3.63) is 53.4 Å². The van der Waals surface area contributed by atoms with E-state index in [1.165, 1.54) is 18.2 Å². The molecule has 0 aliphatic rings. The highest BCUT2D eigenvalue weighted by Crippen LogP contribution is 2.14. The SMILES string of the molecule is CC(=CC(=O)NCc1noc(C)n1)c1cccc(F)c1. The van der Waals surface area contributed by atoms with E-state index in [4.69, 9.17) is 4.52 Å². The zero-order valence-corrected chi connectivity index (χ0v) is 11.2. The third kappa shape index (κ3) is 3.74. The molecule has 0 atom stereocenters. The monoisotopic (exact) mass is 275 g/mol. The first-order chi connectivity index (χ1) is 9.54. The van der Waals surface area contributed by atoms with E-state index in [1.807, 2.05) is 0 Å². The second kappa shape index (κ2) is 6.10. The van der Waals surface area contributed by atoms with Crippen molar-refractivity contribution in [2.75, 3.05) is 0 Å². The summed E-state index contributed by atoms with van der Waals surface area (Å²) in [5.41, 5.74) is 1.34. The lowest BCUT2D eigenvalue weighted by Gasteiger charge is -2.02. The largest absolute Gasteiger partial charge is 0.345 e. The molecule has 1 aromatic carbocycles. The van der Waals surface area contributed by atoms with Gasteiger partial charge in [0.25, 0.3) is 0 Å². The van der Waals surface area contributed by atoms with Gasteiger partial charge in [-0.15, -0.1) is 0 Å². The fraction of sp³-hybridized carbons (Fsp3) is 0.214. The standard InChI is InChI=1S/C14H14FN3O2/c1-9(11-4-3-5-12(15)7-11)6-14(19)16-8-13-17-10(2)20-18-13/h3-7H,8H2,1-2H3,(H,16,19). The molecule has 0 aliphatic heterocycles. The van der Waals surface area contributed by atoms with Crippen molar-refractivity contribution in [3.8, 4) is 0 Å². The number of aryl methyl sites for hydroxylation is 1. The Morgan fingerprint density at radius 3 is 2.95 bits per heavy atom. The van der Waals surface area contributed by atoms with Crippen LogP contribution in [0.1, 0.15) is 24.2 Å². The fourth-order valence-electron chi connectivity index (χ4n) is 1.64. The van der Waals surface area contributed by atoms with Crippen LogP contribution >= 0.6 is 0 Å². The third-order valence-corrected chi connectivity index (χ3v) is 2.62. The Kier molecular flexibility index (Phi) is 4.24. The maximum atomic E-state index is 13.1. The number of aromatic nitrogens is 2. The summed E-state index contributed by atoms with van der Waals surface area (Å²) >= 11 is 0. The zero-order valence-electron chi connectivity index (χ0n) is 11.2. The van der Waals surface area contributed by atoms with Crippen molar-refractivity contribution < 1.29 is 13.7 Å². The van der Waals surface area contributed by atoms with Crippen molar-refractivity contribution >= 4 is 11.5 Å². The maximum Gasteiger partial charge on any atom is 0.244 e. The van der Waals surface area contributed by atoms with Crippen LogP contribution in [0.15, 0.2) is 34.9 Å². The molecule has 0 saturated heterocycles. The molecule has 0 bridgehead atoms. The number of hydrogen-bond donors (Lipinski definition) is 1. The fourth-order valence-corrected chi connectivity index (χ4v) is 1.64. The topological polar surface area (TPSA) is 68.0 Å². The van der Waals surface area contributed by atoms with E-state index >= 15 is 0 Å². The van der Waals surface area contributed by atoms with Crippen LogP contribution in [0, 0.1) is 12.7 Å². The maximum absolute atomic E-state index is 13.1. The van der Waals surface area contributed by atoms with Gasteiger partial charge in [0.2, 0.25) is 11.8 Å². The van der Waals surface area contributed by atoms with E-state index in [1.54, 1.807) is 26.0 Å². The van der Waals surface area contributed by atoms with Gasteiger partial charge in [-0.25, -0.2) is 4.39 Å². The molecule has 1 aromatic heterocycles. The number of carbonyl (C=O) groups excluding carboxylic acids is 1. The van der Waals surface area contributed by atoms with Gasteiger partial charge in [0.1, 0.15) is 5.82 Å². The van der Waals surface area contributed by atoms with Gasteiger partial charge in [-0.3, -0.25) is 4.79 Å². The number of carbonyl (C=O) groups is 1. The molecule has 1 heterocycles. The van der Waals surface area contributed by atoms with E-state index in [9.17, 15) is 9.18 Å². The number of benzene rings is 1. The molecule has 0 aliphatic carbocycles. The highest BCUT2D eigenvalue weighted by molar-refractivity contribution is 5.94. The van der Waals surface area contributed by atoms with E-state index in [2.05, 4.69) is 15.5 Å². The lowest BCUT2D eigenvalue weighted by atomic mass is 10.1. The Labute approximate surface area is 115 Å². The highest BCUT2D eigenvalue weighted by atomic mass is 19.1. The first-order valence-electron chi connectivity index (χ1n) is 6.06. The number of nitrogens with zero attached hydrogens (tertiary/aromatic N) is 2.